The van der Waals surface area contributed by atoms with Crippen LogP contribution >= 0.6 is 0 Å². The molecule has 1 fully saturated rings. The van der Waals surface area contributed by atoms with Crippen LogP contribution in [0, 0.1) is 13.8 Å². The van der Waals surface area contributed by atoms with E-state index in [9.17, 15) is 4.79 Å². The van der Waals surface area contributed by atoms with Crippen LogP contribution in [0.25, 0.3) is 0 Å². The zero-order valence-electron chi connectivity index (χ0n) is 15.5. The van der Waals surface area contributed by atoms with Gasteiger partial charge in [0.05, 0.1) is 11.7 Å². The molecule has 0 bridgehead atoms. The minimum absolute atomic E-state index is 0.0932. The van der Waals surface area contributed by atoms with E-state index in [4.69, 9.17) is 0 Å². The molecule has 1 amide bonds. The summed E-state index contributed by atoms with van der Waals surface area (Å²) < 4.78 is 0. The van der Waals surface area contributed by atoms with Crippen molar-refractivity contribution in [2.24, 2.45) is 0 Å². The fraction of sp³-hybridized carbons (Fsp3) is 0.526. The third-order valence-electron chi connectivity index (χ3n) is 4.91. The molecule has 2 unspecified atom stereocenters. The molecule has 6 nitrogen and oxygen atoms in total. The van der Waals surface area contributed by atoms with Gasteiger partial charge in [0.25, 0.3) is 0 Å². The first-order valence-electron chi connectivity index (χ1n) is 8.94. The molecule has 2 aromatic heterocycles. The number of H-pyrrole nitrogens is 1. The number of amides is 1. The van der Waals surface area contributed by atoms with Gasteiger partial charge in [-0.2, -0.15) is 5.10 Å². The van der Waals surface area contributed by atoms with E-state index in [1.807, 2.05) is 6.07 Å². The van der Waals surface area contributed by atoms with Crippen LogP contribution in [-0.4, -0.2) is 39.1 Å². The second-order valence-corrected chi connectivity index (χ2v) is 7.08. The maximum absolute atomic E-state index is 11.2. The average Bonchev–Trinajstić information content (AvgIpc) is 3.01. The molecule has 1 aliphatic heterocycles. The number of nitrogens with zero attached hydrogens (tertiary/aromatic N) is 3. The van der Waals surface area contributed by atoms with Crippen LogP contribution in [0.3, 0.4) is 0 Å². The van der Waals surface area contributed by atoms with E-state index in [-0.39, 0.29) is 11.9 Å². The van der Waals surface area contributed by atoms with Gasteiger partial charge in [0.1, 0.15) is 5.82 Å². The van der Waals surface area contributed by atoms with Crippen molar-refractivity contribution in [2.45, 2.75) is 52.5 Å². The van der Waals surface area contributed by atoms with Crippen LogP contribution < -0.4 is 5.32 Å². The first kappa shape index (κ1) is 17.6. The second kappa shape index (κ2) is 7.35. The Labute approximate surface area is 149 Å². The van der Waals surface area contributed by atoms with Crippen LogP contribution in [0.5, 0.6) is 0 Å². The first-order chi connectivity index (χ1) is 11.9. The van der Waals surface area contributed by atoms with E-state index < -0.39 is 0 Å². The number of piperidine rings is 1. The maximum Gasteiger partial charge on any atom is 0.222 e. The molecule has 25 heavy (non-hydrogen) atoms. The highest BCUT2D eigenvalue weighted by Gasteiger charge is 2.27. The number of carbonyl (C=O) groups excluding carboxylic acids is 1. The number of aryl methyl sites for hydroxylation is 2. The highest BCUT2D eigenvalue weighted by Crippen LogP contribution is 2.32. The molecule has 134 valence electrons. The highest BCUT2D eigenvalue weighted by atomic mass is 16.1. The lowest BCUT2D eigenvalue weighted by Crippen LogP contribution is -2.36. The molecule has 3 rings (SSSR count). The Hall–Kier alpha value is -2.21. The summed E-state index contributed by atoms with van der Waals surface area (Å²) in [5.41, 5.74) is 4.54. The predicted octanol–water partition coefficient (Wildman–Crippen LogP) is 3.32. The van der Waals surface area contributed by atoms with Gasteiger partial charge < -0.3 is 5.32 Å². The van der Waals surface area contributed by atoms with Crippen molar-refractivity contribution in [2.75, 3.05) is 18.4 Å². The van der Waals surface area contributed by atoms with Gasteiger partial charge in [0.15, 0.2) is 0 Å². The van der Waals surface area contributed by atoms with Crippen LogP contribution in [0.4, 0.5) is 5.82 Å². The Kier molecular flexibility index (Phi) is 5.18. The number of hydrogen-bond acceptors (Lipinski definition) is 4. The Morgan fingerprint density at radius 3 is 2.72 bits per heavy atom. The van der Waals surface area contributed by atoms with Crippen molar-refractivity contribution in [1.82, 2.24) is 20.1 Å². The van der Waals surface area contributed by atoms with Gasteiger partial charge in [-0.05, 0) is 63.8 Å². The average molecular weight is 341 g/mol. The van der Waals surface area contributed by atoms with Gasteiger partial charge in [0, 0.05) is 30.9 Å². The number of carbonyl (C=O) groups is 1. The standard InChI is InChI=1S/C19H27N5O/c1-12-8-17(9-13(2)20-12)16-6-5-7-24(11-16)14(3)18-10-19(23-22-18)21-15(4)25/h8-10,14,16H,5-7,11H2,1-4H3,(H2,21,22,23,25). The molecule has 0 saturated carbocycles. The monoisotopic (exact) mass is 341 g/mol. The number of hydrogen-bond donors (Lipinski definition) is 2. The van der Waals surface area contributed by atoms with Crippen LogP contribution in [-0.2, 0) is 4.79 Å². The largest absolute Gasteiger partial charge is 0.311 e. The third-order valence-corrected chi connectivity index (χ3v) is 4.91. The van der Waals surface area contributed by atoms with Gasteiger partial charge in [-0.1, -0.05) is 0 Å². The van der Waals surface area contributed by atoms with Gasteiger partial charge in [-0.3, -0.25) is 19.8 Å². The lowest BCUT2D eigenvalue weighted by Gasteiger charge is -2.36. The Morgan fingerprint density at radius 2 is 2.04 bits per heavy atom. The molecule has 2 N–H and O–H groups in total. The van der Waals surface area contributed by atoms with E-state index in [1.165, 1.54) is 25.3 Å². The number of aromatic amines is 1. The van der Waals surface area contributed by atoms with Gasteiger partial charge in [0.2, 0.25) is 5.91 Å². The fourth-order valence-corrected chi connectivity index (χ4v) is 3.72. The SMILES string of the molecule is CC(=O)Nc1cc(C(C)N2CCCC(c3cc(C)nc(C)c3)C2)n[nH]1. The lowest BCUT2D eigenvalue weighted by molar-refractivity contribution is -0.114. The molecule has 1 aliphatic rings. The third kappa shape index (κ3) is 4.25. The summed E-state index contributed by atoms with van der Waals surface area (Å²) in [5, 5.41) is 10.0. The zero-order valence-corrected chi connectivity index (χ0v) is 15.5. The fourth-order valence-electron chi connectivity index (χ4n) is 3.72. The van der Waals surface area contributed by atoms with Gasteiger partial charge in [-0.25, -0.2) is 0 Å². The van der Waals surface area contributed by atoms with Crippen molar-refractivity contribution in [3.05, 3.63) is 40.8 Å². The van der Waals surface area contributed by atoms with Crippen molar-refractivity contribution in [3.8, 4) is 0 Å². The topological polar surface area (TPSA) is 73.9 Å². The Bertz CT molecular complexity index is 734. The van der Waals surface area contributed by atoms with Gasteiger partial charge in [-0.15, -0.1) is 0 Å². The first-order valence-corrected chi connectivity index (χ1v) is 8.94. The summed E-state index contributed by atoms with van der Waals surface area (Å²) >= 11 is 0. The molecular weight excluding hydrogens is 314 g/mol. The van der Waals surface area contributed by atoms with E-state index in [1.54, 1.807) is 0 Å². The Morgan fingerprint density at radius 1 is 1.32 bits per heavy atom. The summed E-state index contributed by atoms with van der Waals surface area (Å²) in [6.45, 7) is 9.90. The van der Waals surface area contributed by atoms with Crippen LogP contribution in [0.2, 0.25) is 0 Å². The van der Waals surface area contributed by atoms with Crippen LogP contribution in [0.15, 0.2) is 18.2 Å². The maximum atomic E-state index is 11.2. The lowest BCUT2D eigenvalue weighted by atomic mass is 9.89. The molecule has 2 atom stereocenters. The molecule has 0 radical (unpaired) electrons. The number of nitrogens with one attached hydrogen (secondary N) is 2. The molecule has 0 aliphatic carbocycles. The summed E-state index contributed by atoms with van der Waals surface area (Å²) in [4.78, 5) is 18.1. The summed E-state index contributed by atoms with van der Waals surface area (Å²) in [5.74, 6) is 1.10. The van der Waals surface area contributed by atoms with E-state index in [0.29, 0.717) is 11.7 Å². The normalized spacial score (nSPS) is 19.6. The minimum Gasteiger partial charge on any atom is -0.311 e. The number of pyridine rings is 1. The van der Waals surface area contributed by atoms with Crippen molar-refractivity contribution < 1.29 is 4.79 Å². The molecule has 3 heterocycles. The van der Waals surface area contributed by atoms with Crippen molar-refractivity contribution >= 4 is 11.7 Å². The number of aromatic nitrogens is 3. The molecule has 6 heteroatoms. The Balaban J connectivity index is 1.72. The zero-order chi connectivity index (χ0) is 18.0. The summed E-state index contributed by atoms with van der Waals surface area (Å²) in [7, 11) is 0. The minimum atomic E-state index is -0.0932. The quantitative estimate of drug-likeness (QED) is 0.895. The van der Waals surface area contributed by atoms with Crippen LogP contribution in [0.1, 0.15) is 61.3 Å². The second-order valence-electron chi connectivity index (χ2n) is 7.08. The van der Waals surface area contributed by atoms with Gasteiger partial charge >= 0.3 is 0 Å². The molecule has 2 aromatic rings. The molecule has 0 spiro atoms. The number of anilines is 1. The van der Waals surface area contributed by atoms with E-state index in [0.717, 1.165) is 30.2 Å². The molecular formula is C19H27N5O. The number of likely N-dealkylation sites (tertiary alicyclic amines) is 1. The number of rotatable bonds is 4. The molecule has 1 saturated heterocycles. The smallest absolute Gasteiger partial charge is 0.222 e. The summed E-state index contributed by atoms with van der Waals surface area (Å²) in [6.07, 6.45) is 2.39. The summed E-state index contributed by atoms with van der Waals surface area (Å²) in [6, 6.07) is 6.58. The van der Waals surface area contributed by atoms with Crippen molar-refractivity contribution in [3.63, 3.8) is 0 Å². The van der Waals surface area contributed by atoms with Crippen molar-refractivity contribution in [1.29, 1.82) is 0 Å². The molecule has 0 aromatic carbocycles. The van der Waals surface area contributed by atoms with E-state index in [2.05, 4.69) is 58.3 Å². The predicted molar refractivity (Wildman–Crippen MR) is 98.6 cm³/mol. The highest BCUT2D eigenvalue weighted by molar-refractivity contribution is 5.87. The van der Waals surface area contributed by atoms with E-state index >= 15 is 0 Å².